The van der Waals surface area contributed by atoms with Gasteiger partial charge in [0, 0.05) is 10.4 Å². The Labute approximate surface area is 122 Å². The van der Waals surface area contributed by atoms with Crippen molar-refractivity contribution in [3.05, 3.63) is 40.0 Å². The zero-order chi connectivity index (χ0) is 14.1. The van der Waals surface area contributed by atoms with E-state index < -0.39 is 5.97 Å². The number of nitrogens with zero attached hydrogens (tertiary/aromatic N) is 2. The van der Waals surface area contributed by atoms with Gasteiger partial charge in [0.1, 0.15) is 5.75 Å². The molecule has 1 saturated carbocycles. The molecule has 0 amide bonds. The van der Waals surface area contributed by atoms with Gasteiger partial charge in [-0.05, 0) is 47.0 Å². The topological polar surface area (TPSA) is 85.5 Å². The third-order valence-electron chi connectivity index (χ3n) is 2.95. The van der Waals surface area contributed by atoms with Gasteiger partial charge < -0.3 is 14.4 Å². The molecule has 1 aromatic carbocycles. The van der Waals surface area contributed by atoms with Gasteiger partial charge in [0.2, 0.25) is 11.7 Å². The van der Waals surface area contributed by atoms with Crippen LogP contribution < -0.4 is 4.74 Å². The van der Waals surface area contributed by atoms with Crippen molar-refractivity contribution in [2.75, 3.05) is 0 Å². The normalized spacial score (nSPS) is 14.2. The van der Waals surface area contributed by atoms with Crippen LogP contribution in [0.2, 0.25) is 0 Å². The van der Waals surface area contributed by atoms with Crippen LogP contribution in [0, 0.1) is 0 Å². The molecule has 0 bridgehead atoms. The highest BCUT2D eigenvalue weighted by atomic mass is 79.9. The van der Waals surface area contributed by atoms with Crippen LogP contribution in [0.4, 0.5) is 0 Å². The van der Waals surface area contributed by atoms with Crippen LogP contribution in [0.5, 0.6) is 5.75 Å². The lowest BCUT2D eigenvalue weighted by Crippen LogP contribution is -2.01. The molecule has 0 aliphatic heterocycles. The van der Waals surface area contributed by atoms with E-state index in [1.54, 1.807) is 12.1 Å². The van der Waals surface area contributed by atoms with E-state index in [0.717, 1.165) is 12.8 Å². The molecule has 0 atom stereocenters. The Kier molecular flexibility index (Phi) is 3.43. The molecule has 0 saturated heterocycles. The van der Waals surface area contributed by atoms with Gasteiger partial charge in [-0.3, -0.25) is 0 Å². The number of ether oxygens (including phenoxy) is 1. The minimum Gasteiger partial charge on any atom is -0.485 e. The van der Waals surface area contributed by atoms with Crippen LogP contribution in [0.15, 0.2) is 27.2 Å². The summed E-state index contributed by atoms with van der Waals surface area (Å²) in [7, 11) is 0. The number of hydrogen-bond acceptors (Lipinski definition) is 5. The summed E-state index contributed by atoms with van der Waals surface area (Å²) in [6.07, 6.45) is 2.19. The first-order chi connectivity index (χ1) is 9.63. The first-order valence-electron chi connectivity index (χ1n) is 6.11. The lowest BCUT2D eigenvalue weighted by Gasteiger charge is -2.05. The van der Waals surface area contributed by atoms with Crippen molar-refractivity contribution in [3.63, 3.8) is 0 Å². The molecular formula is C13H11BrN2O4. The molecule has 7 heteroatoms. The van der Waals surface area contributed by atoms with E-state index in [1.165, 1.54) is 6.07 Å². The average Bonchev–Trinajstić information content (AvgIpc) is 3.17. The molecule has 0 radical (unpaired) electrons. The largest absolute Gasteiger partial charge is 0.485 e. The smallest absolute Gasteiger partial charge is 0.336 e. The van der Waals surface area contributed by atoms with E-state index >= 15 is 0 Å². The minimum atomic E-state index is -1.02. The molecule has 6 nitrogen and oxygen atoms in total. The second-order valence-electron chi connectivity index (χ2n) is 4.56. The van der Waals surface area contributed by atoms with Crippen LogP contribution in [-0.2, 0) is 6.61 Å². The van der Waals surface area contributed by atoms with E-state index in [1.807, 2.05) is 0 Å². The van der Waals surface area contributed by atoms with Gasteiger partial charge in [0.05, 0.1) is 5.56 Å². The van der Waals surface area contributed by atoms with Gasteiger partial charge in [-0.1, -0.05) is 5.16 Å². The number of carbonyl (C=O) groups is 1. The van der Waals surface area contributed by atoms with Gasteiger partial charge in [-0.25, -0.2) is 4.79 Å². The summed E-state index contributed by atoms with van der Waals surface area (Å²) in [5.41, 5.74) is 0.147. The third-order valence-corrected chi connectivity index (χ3v) is 3.64. The van der Waals surface area contributed by atoms with Crippen molar-refractivity contribution in [3.8, 4) is 5.75 Å². The van der Waals surface area contributed by atoms with Crippen LogP contribution >= 0.6 is 15.9 Å². The number of halogens is 1. The Morgan fingerprint density at radius 2 is 2.30 bits per heavy atom. The highest BCUT2D eigenvalue weighted by Crippen LogP contribution is 2.38. The molecule has 104 valence electrons. The zero-order valence-corrected chi connectivity index (χ0v) is 12.0. The molecule has 0 spiro atoms. The quantitative estimate of drug-likeness (QED) is 0.901. The number of carboxylic acid groups (broad SMARTS) is 1. The lowest BCUT2D eigenvalue weighted by molar-refractivity contribution is 0.0695. The summed E-state index contributed by atoms with van der Waals surface area (Å²) < 4.78 is 11.1. The minimum absolute atomic E-state index is 0.147. The van der Waals surface area contributed by atoms with E-state index in [2.05, 4.69) is 26.1 Å². The highest BCUT2D eigenvalue weighted by Gasteiger charge is 2.29. The lowest BCUT2D eigenvalue weighted by atomic mass is 10.2. The Balaban J connectivity index is 1.67. The SMILES string of the molecule is O=C(O)c1cc(OCc2noc(C3CC3)n2)ccc1Br. The molecule has 1 aliphatic rings. The molecule has 2 aromatic rings. The van der Waals surface area contributed by atoms with E-state index in [-0.39, 0.29) is 12.2 Å². The van der Waals surface area contributed by atoms with E-state index in [0.29, 0.717) is 27.9 Å². The summed E-state index contributed by atoms with van der Waals surface area (Å²) in [6.45, 7) is 0.150. The number of hydrogen-bond donors (Lipinski definition) is 1. The van der Waals surface area contributed by atoms with Crippen molar-refractivity contribution in [2.24, 2.45) is 0 Å². The van der Waals surface area contributed by atoms with Crippen molar-refractivity contribution in [2.45, 2.75) is 25.4 Å². The number of aromatic carboxylic acids is 1. The Morgan fingerprint density at radius 3 is 3.00 bits per heavy atom. The molecule has 20 heavy (non-hydrogen) atoms. The van der Waals surface area contributed by atoms with Crippen LogP contribution in [0.25, 0.3) is 0 Å². The molecule has 1 heterocycles. The predicted molar refractivity (Wildman–Crippen MR) is 71.7 cm³/mol. The second-order valence-corrected chi connectivity index (χ2v) is 5.41. The maximum atomic E-state index is 11.0. The summed E-state index contributed by atoms with van der Waals surface area (Å²) in [6, 6.07) is 4.76. The molecule has 3 rings (SSSR count). The fourth-order valence-electron chi connectivity index (χ4n) is 1.73. The summed E-state index contributed by atoms with van der Waals surface area (Å²) in [5, 5.41) is 12.9. The summed E-state index contributed by atoms with van der Waals surface area (Å²) >= 11 is 3.18. The third kappa shape index (κ3) is 2.82. The summed E-state index contributed by atoms with van der Waals surface area (Å²) in [5.74, 6) is 0.959. The van der Waals surface area contributed by atoms with Gasteiger partial charge >= 0.3 is 5.97 Å². The molecule has 1 aliphatic carbocycles. The number of carboxylic acids is 1. The monoisotopic (exact) mass is 338 g/mol. The van der Waals surface area contributed by atoms with E-state index in [4.69, 9.17) is 14.4 Å². The van der Waals surface area contributed by atoms with Gasteiger partial charge in [0.25, 0.3) is 0 Å². The van der Waals surface area contributed by atoms with Crippen molar-refractivity contribution >= 4 is 21.9 Å². The van der Waals surface area contributed by atoms with Crippen LogP contribution in [0.3, 0.4) is 0 Å². The van der Waals surface area contributed by atoms with Crippen LogP contribution in [-0.4, -0.2) is 21.2 Å². The van der Waals surface area contributed by atoms with Gasteiger partial charge in [0.15, 0.2) is 6.61 Å². The number of aromatic nitrogens is 2. The molecule has 0 unspecified atom stereocenters. The fraction of sp³-hybridized carbons (Fsp3) is 0.308. The zero-order valence-electron chi connectivity index (χ0n) is 10.4. The van der Waals surface area contributed by atoms with Crippen molar-refractivity contribution in [1.82, 2.24) is 10.1 Å². The Morgan fingerprint density at radius 1 is 1.50 bits per heavy atom. The maximum Gasteiger partial charge on any atom is 0.336 e. The molecule has 1 fully saturated rings. The Hall–Kier alpha value is -1.89. The van der Waals surface area contributed by atoms with Crippen LogP contribution in [0.1, 0.15) is 40.8 Å². The highest BCUT2D eigenvalue weighted by molar-refractivity contribution is 9.10. The first kappa shape index (κ1) is 13.1. The van der Waals surface area contributed by atoms with Crippen molar-refractivity contribution < 1.29 is 19.2 Å². The average molecular weight is 339 g/mol. The number of rotatable bonds is 5. The number of benzene rings is 1. The van der Waals surface area contributed by atoms with Gasteiger partial charge in [-0.2, -0.15) is 4.98 Å². The predicted octanol–water partition coefficient (Wildman–Crippen LogP) is 2.99. The Bertz CT molecular complexity index is 652. The second kappa shape index (κ2) is 5.24. The van der Waals surface area contributed by atoms with Crippen molar-refractivity contribution in [1.29, 1.82) is 0 Å². The van der Waals surface area contributed by atoms with E-state index in [9.17, 15) is 4.79 Å². The fourth-order valence-corrected chi connectivity index (χ4v) is 2.14. The van der Waals surface area contributed by atoms with Gasteiger partial charge in [-0.15, -0.1) is 0 Å². The maximum absolute atomic E-state index is 11.0. The molecule has 1 N–H and O–H groups in total. The molecule has 1 aromatic heterocycles. The summed E-state index contributed by atoms with van der Waals surface area (Å²) in [4.78, 5) is 15.2. The molecular weight excluding hydrogens is 328 g/mol. The first-order valence-corrected chi connectivity index (χ1v) is 6.91. The standard InChI is InChI=1S/C13H11BrN2O4/c14-10-4-3-8(5-9(10)13(17)18)19-6-11-15-12(20-16-11)7-1-2-7/h3-5,7H,1-2,6H2,(H,17,18).